The average Bonchev–Trinajstić information content (AvgIpc) is 3.21. The second-order valence-electron chi connectivity index (χ2n) is 15.4. The summed E-state index contributed by atoms with van der Waals surface area (Å²) in [4.78, 5) is 12.4. The van der Waals surface area contributed by atoms with Gasteiger partial charge < -0.3 is 9.84 Å². The zero-order valence-corrected chi connectivity index (χ0v) is 24.9. The Hall–Kier alpha value is -1.09. The highest BCUT2D eigenvalue weighted by Gasteiger charge is 2.70. The number of allylic oxidation sites excluding steroid dienone is 2. The summed E-state index contributed by atoms with van der Waals surface area (Å²) >= 11 is 0. The lowest BCUT2D eigenvalue weighted by molar-refractivity contribution is -0.244. The van der Waals surface area contributed by atoms with E-state index in [1.54, 1.807) is 6.08 Å². The minimum Gasteiger partial charge on any atom is -0.463 e. The molecule has 0 saturated heterocycles. The predicted molar refractivity (Wildman–Crippen MR) is 151 cm³/mol. The van der Waals surface area contributed by atoms with E-state index in [9.17, 15) is 9.90 Å². The number of carbonyl (C=O) groups excluding carboxylic acids is 1. The minimum atomic E-state index is -0.188. The topological polar surface area (TPSA) is 46.5 Å². The molecule has 0 aromatic carbocycles. The molecule has 0 amide bonds. The summed E-state index contributed by atoms with van der Waals surface area (Å²) in [6, 6.07) is 0. The molecule has 37 heavy (non-hydrogen) atoms. The van der Waals surface area contributed by atoms with Gasteiger partial charge in [-0.25, -0.2) is 4.79 Å². The molecule has 5 fully saturated rings. The molecule has 5 rings (SSSR count). The van der Waals surface area contributed by atoms with Gasteiger partial charge in [0.25, 0.3) is 0 Å². The fourth-order valence-electron chi connectivity index (χ4n) is 11.9. The Bertz CT molecular complexity index is 964. The summed E-state index contributed by atoms with van der Waals surface area (Å²) < 4.78 is 5.29. The molecule has 0 aliphatic heterocycles. The number of rotatable bonds is 4. The van der Waals surface area contributed by atoms with Gasteiger partial charge in [0.05, 0.1) is 12.7 Å². The highest BCUT2D eigenvalue weighted by Crippen LogP contribution is 2.77. The van der Waals surface area contributed by atoms with Crippen molar-refractivity contribution in [1.29, 1.82) is 0 Å². The van der Waals surface area contributed by atoms with Crippen LogP contribution in [0.15, 0.2) is 24.3 Å². The maximum absolute atomic E-state index is 12.4. The number of aliphatic hydroxyl groups is 1. The predicted octanol–water partition coefficient (Wildman–Crippen LogP) is 8.12. The van der Waals surface area contributed by atoms with Gasteiger partial charge in [-0.15, -0.1) is 0 Å². The fraction of sp³-hybridized carbons (Fsp3) is 0.853. The second-order valence-corrected chi connectivity index (χ2v) is 15.4. The average molecular weight is 511 g/mol. The van der Waals surface area contributed by atoms with Crippen LogP contribution in [0, 0.1) is 56.7 Å². The number of fused-ring (bicyclic) bond motifs is 7. The summed E-state index contributed by atoms with van der Waals surface area (Å²) in [6.45, 7) is 21.7. The zero-order valence-electron chi connectivity index (χ0n) is 24.9. The third-order valence-electron chi connectivity index (χ3n) is 13.9. The van der Waals surface area contributed by atoms with E-state index in [1.165, 1.54) is 63.4 Å². The van der Waals surface area contributed by atoms with E-state index in [1.807, 2.05) is 6.92 Å². The van der Waals surface area contributed by atoms with Crippen molar-refractivity contribution < 1.29 is 14.6 Å². The Kier molecular flexibility index (Phi) is 6.66. The molecule has 5 aliphatic rings. The minimum absolute atomic E-state index is 0.00218. The van der Waals surface area contributed by atoms with Crippen LogP contribution in [0.3, 0.4) is 0 Å². The van der Waals surface area contributed by atoms with Crippen molar-refractivity contribution in [2.75, 3.05) is 6.61 Å². The normalized spacial score (nSPS) is 50.5. The summed E-state index contributed by atoms with van der Waals surface area (Å²) in [5.74, 6) is 2.92. The summed E-state index contributed by atoms with van der Waals surface area (Å²) in [5, 5.41) is 11.0. The Labute approximate surface area is 226 Å². The summed E-state index contributed by atoms with van der Waals surface area (Å²) in [7, 11) is 0. The number of ether oxygens (including phenoxy) is 1. The van der Waals surface area contributed by atoms with Crippen molar-refractivity contribution in [1.82, 2.24) is 0 Å². The van der Waals surface area contributed by atoms with Crippen molar-refractivity contribution in [3.63, 3.8) is 0 Å². The molecule has 5 aliphatic carbocycles. The molecular weight excluding hydrogens is 456 g/mol. The molecule has 4 unspecified atom stereocenters. The van der Waals surface area contributed by atoms with Crippen molar-refractivity contribution in [3.8, 4) is 0 Å². The van der Waals surface area contributed by atoms with Crippen molar-refractivity contribution in [3.05, 3.63) is 24.3 Å². The lowest BCUT2D eigenvalue weighted by Gasteiger charge is -2.73. The molecule has 0 aromatic rings. The highest BCUT2D eigenvalue weighted by atomic mass is 16.5. The van der Waals surface area contributed by atoms with Gasteiger partial charge in [-0.3, -0.25) is 0 Å². The number of carbonyl (C=O) groups is 1. The number of aliphatic hydroxyl groups excluding tert-OH is 1. The van der Waals surface area contributed by atoms with Crippen molar-refractivity contribution in [2.24, 2.45) is 56.7 Å². The quantitative estimate of drug-likeness (QED) is 0.236. The van der Waals surface area contributed by atoms with Crippen LogP contribution < -0.4 is 0 Å². The molecule has 1 N–H and O–H groups in total. The molecule has 0 heterocycles. The molecule has 0 aromatic heterocycles. The Morgan fingerprint density at radius 3 is 2.32 bits per heavy atom. The van der Waals surface area contributed by atoms with Gasteiger partial charge in [-0.05, 0) is 135 Å². The van der Waals surface area contributed by atoms with Crippen LogP contribution in [0.4, 0.5) is 0 Å². The Morgan fingerprint density at radius 2 is 1.65 bits per heavy atom. The van der Waals surface area contributed by atoms with Crippen LogP contribution in [0.1, 0.15) is 113 Å². The number of esters is 1. The van der Waals surface area contributed by atoms with E-state index < -0.39 is 0 Å². The van der Waals surface area contributed by atoms with Crippen LogP contribution in [-0.2, 0) is 9.53 Å². The lowest BCUT2D eigenvalue weighted by Crippen LogP contribution is -2.66. The van der Waals surface area contributed by atoms with E-state index in [-0.39, 0.29) is 22.9 Å². The van der Waals surface area contributed by atoms with Crippen molar-refractivity contribution in [2.45, 2.75) is 119 Å². The monoisotopic (exact) mass is 510 g/mol. The van der Waals surface area contributed by atoms with Crippen molar-refractivity contribution >= 4 is 5.97 Å². The maximum atomic E-state index is 12.4. The second kappa shape index (κ2) is 8.97. The zero-order chi connectivity index (χ0) is 27.0. The molecule has 0 radical (unpaired) electrons. The van der Waals surface area contributed by atoms with Gasteiger partial charge in [0, 0.05) is 6.08 Å². The third-order valence-corrected chi connectivity index (χ3v) is 13.9. The van der Waals surface area contributed by atoms with E-state index >= 15 is 0 Å². The van der Waals surface area contributed by atoms with E-state index in [2.05, 4.69) is 54.2 Å². The molecule has 5 saturated carbocycles. The maximum Gasteiger partial charge on any atom is 0.330 e. The number of hydrogen-bond donors (Lipinski definition) is 1. The number of hydrogen-bond acceptors (Lipinski definition) is 3. The van der Waals surface area contributed by atoms with Crippen LogP contribution in [-0.4, -0.2) is 23.8 Å². The Balaban J connectivity index is 1.52. The molecular formula is C34H54O3. The van der Waals surface area contributed by atoms with Crippen LogP contribution >= 0.6 is 0 Å². The highest BCUT2D eigenvalue weighted by molar-refractivity contribution is 5.82. The van der Waals surface area contributed by atoms with Gasteiger partial charge >= 0.3 is 5.97 Å². The molecule has 0 spiro atoms. The van der Waals surface area contributed by atoms with Gasteiger partial charge in [-0.1, -0.05) is 52.8 Å². The summed E-state index contributed by atoms with van der Waals surface area (Å²) in [5.41, 5.74) is 2.37. The molecule has 3 nitrogen and oxygen atoms in total. The molecule has 208 valence electrons. The first-order valence-electron chi connectivity index (χ1n) is 15.5. The van der Waals surface area contributed by atoms with Gasteiger partial charge in [-0.2, -0.15) is 0 Å². The van der Waals surface area contributed by atoms with Crippen LogP contribution in [0.5, 0.6) is 0 Å². The molecule has 3 heteroatoms. The van der Waals surface area contributed by atoms with Gasteiger partial charge in [0.15, 0.2) is 0 Å². The largest absolute Gasteiger partial charge is 0.463 e. The first kappa shape index (κ1) is 27.5. The SMILES string of the molecule is C=C(C)[C@@H]1CC[C@]2(/C=C/C(=O)OCC)CC[C@]3(C)C(CCC4[C@@]5(C)CC[C@@H](O)C(C)(C)C5CC[C@]43C)C12. The smallest absolute Gasteiger partial charge is 0.330 e. The standard InChI is InChI=1S/C34H54O3/c1-9-37-28(36)15-19-34-18-12-23(22(2)3)29(34)24-10-11-26-31(6)16-14-27(35)30(4,5)25(31)13-17-33(26,8)32(24,7)20-21-34/h15,19,23-27,29,35H,2,9-14,16-18,20-21H2,1,3-8H3/b19-15+/t23-,24?,25?,26?,27+,29?,31-,32+,33+,34-/m0/s1. The van der Waals surface area contributed by atoms with E-state index in [4.69, 9.17) is 4.74 Å². The van der Waals surface area contributed by atoms with Gasteiger partial charge in [0.2, 0.25) is 0 Å². The van der Waals surface area contributed by atoms with E-state index in [0.717, 1.165) is 12.3 Å². The van der Waals surface area contributed by atoms with E-state index in [0.29, 0.717) is 46.5 Å². The Morgan fingerprint density at radius 1 is 0.919 bits per heavy atom. The van der Waals surface area contributed by atoms with Gasteiger partial charge in [0.1, 0.15) is 0 Å². The molecule has 10 atom stereocenters. The third kappa shape index (κ3) is 3.71. The first-order chi connectivity index (χ1) is 17.3. The van der Waals surface area contributed by atoms with Crippen LogP contribution in [0.25, 0.3) is 0 Å². The molecule has 0 bridgehead atoms. The fourth-order valence-corrected chi connectivity index (χ4v) is 11.9. The first-order valence-corrected chi connectivity index (χ1v) is 15.5. The lowest BCUT2D eigenvalue weighted by atomic mass is 9.32. The van der Waals surface area contributed by atoms with Crippen LogP contribution in [0.2, 0.25) is 0 Å². The summed E-state index contributed by atoms with van der Waals surface area (Å²) in [6.07, 6.45) is 16.0.